The first-order valence-corrected chi connectivity index (χ1v) is 9.13. The molecule has 24 heavy (non-hydrogen) atoms. The van der Waals surface area contributed by atoms with Crippen LogP contribution in [-0.2, 0) is 0 Å². The summed E-state index contributed by atoms with van der Waals surface area (Å²) in [7, 11) is 1.68. The third-order valence-electron chi connectivity index (χ3n) is 4.26. The minimum absolute atomic E-state index is 0.825. The van der Waals surface area contributed by atoms with Crippen LogP contribution in [0, 0.1) is 0 Å². The lowest BCUT2D eigenvalue weighted by atomic mass is 10.1. The minimum Gasteiger partial charge on any atom is -0.497 e. The van der Waals surface area contributed by atoms with Gasteiger partial charge in [-0.1, -0.05) is 6.07 Å². The van der Waals surface area contributed by atoms with Crippen molar-refractivity contribution in [1.29, 1.82) is 0 Å². The van der Waals surface area contributed by atoms with Gasteiger partial charge in [-0.25, -0.2) is 4.98 Å². The second kappa shape index (κ2) is 6.65. The highest BCUT2D eigenvalue weighted by Crippen LogP contribution is 2.31. The molecule has 0 amide bonds. The van der Waals surface area contributed by atoms with E-state index in [1.807, 2.05) is 24.3 Å². The minimum atomic E-state index is 0.825. The largest absolute Gasteiger partial charge is 0.497 e. The Labute approximate surface area is 145 Å². The van der Waals surface area contributed by atoms with E-state index < -0.39 is 0 Å². The fourth-order valence-electron chi connectivity index (χ4n) is 3.01. The SMILES string of the molecule is COc1cccc(Nc2nc(N3CCCCC3)nc3ccsc23)c1. The Balaban J connectivity index is 1.71. The fourth-order valence-corrected chi connectivity index (χ4v) is 3.78. The second-order valence-electron chi connectivity index (χ2n) is 5.91. The van der Waals surface area contributed by atoms with Gasteiger partial charge < -0.3 is 15.0 Å². The summed E-state index contributed by atoms with van der Waals surface area (Å²) in [5.74, 6) is 2.52. The number of ether oxygens (including phenoxy) is 1. The monoisotopic (exact) mass is 340 g/mol. The number of rotatable bonds is 4. The summed E-state index contributed by atoms with van der Waals surface area (Å²) in [4.78, 5) is 11.9. The Bertz CT molecular complexity index is 842. The molecule has 0 radical (unpaired) electrons. The molecule has 1 aliphatic heterocycles. The first-order valence-electron chi connectivity index (χ1n) is 8.25. The molecule has 2 aromatic heterocycles. The van der Waals surface area contributed by atoms with Gasteiger partial charge >= 0.3 is 0 Å². The topological polar surface area (TPSA) is 50.3 Å². The van der Waals surface area contributed by atoms with E-state index in [4.69, 9.17) is 14.7 Å². The van der Waals surface area contributed by atoms with Crippen LogP contribution in [0.1, 0.15) is 19.3 Å². The molecule has 1 saturated heterocycles. The average molecular weight is 340 g/mol. The number of piperidine rings is 1. The maximum absolute atomic E-state index is 5.31. The summed E-state index contributed by atoms with van der Waals surface area (Å²) in [5.41, 5.74) is 1.97. The molecule has 0 unspecified atom stereocenters. The lowest BCUT2D eigenvalue weighted by Crippen LogP contribution is -2.31. The summed E-state index contributed by atoms with van der Waals surface area (Å²) >= 11 is 1.66. The molecule has 3 aromatic rings. The number of thiophene rings is 1. The van der Waals surface area contributed by atoms with Crippen molar-refractivity contribution in [3.05, 3.63) is 35.7 Å². The Morgan fingerprint density at radius 2 is 2.00 bits per heavy atom. The van der Waals surface area contributed by atoms with Crippen LogP contribution in [0.5, 0.6) is 5.75 Å². The van der Waals surface area contributed by atoms with E-state index in [-0.39, 0.29) is 0 Å². The molecule has 4 rings (SSSR count). The first kappa shape index (κ1) is 15.2. The molecule has 1 aromatic carbocycles. The highest BCUT2D eigenvalue weighted by Gasteiger charge is 2.17. The van der Waals surface area contributed by atoms with Crippen molar-refractivity contribution in [3.63, 3.8) is 0 Å². The molecular formula is C18H20N4OS. The van der Waals surface area contributed by atoms with Gasteiger partial charge in [-0.2, -0.15) is 4.98 Å². The van der Waals surface area contributed by atoms with Crippen LogP contribution in [0.2, 0.25) is 0 Å². The predicted molar refractivity (Wildman–Crippen MR) is 99.8 cm³/mol. The fraction of sp³-hybridized carbons (Fsp3) is 0.333. The van der Waals surface area contributed by atoms with Gasteiger partial charge in [0.2, 0.25) is 5.95 Å². The molecule has 0 atom stereocenters. The maximum atomic E-state index is 5.31. The van der Waals surface area contributed by atoms with Gasteiger partial charge in [0, 0.05) is 24.8 Å². The lowest BCUT2D eigenvalue weighted by Gasteiger charge is -2.27. The van der Waals surface area contributed by atoms with Crippen LogP contribution in [0.25, 0.3) is 10.2 Å². The molecule has 1 fully saturated rings. The number of nitrogens with one attached hydrogen (secondary N) is 1. The van der Waals surface area contributed by atoms with E-state index in [1.165, 1.54) is 19.3 Å². The first-order chi connectivity index (χ1) is 11.8. The molecule has 0 saturated carbocycles. The van der Waals surface area contributed by atoms with E-state index in [9.17, 15) is 0 Å². The van der Waals surface area contributed by atoms with Crippen LogP contribution in [0.15, 0.2) is 35.7 Å². The Kier molecular flexibility index (Phi) is 4.21. The van der Waals surface area contributed by atoms with Gasteiger partial charge in [0.15, 0.2) is 5.82 Å². The van der Waals surface area contributed by atoms with Crippen molar-refractivity contribution in [2.24, 2.45) is 0 Å². The standard InChI is InChI=1S/C18H20N4OS/c1-23-14-7-5-6-13(12-14)19-17-16-15(8-11-24-16)20-18(21-17)22-9-3-2-4-10-22/h5-8,11-12H,2-4,9-10H2,1H3,(H,19,20,21). The molecule has 6 heteroatoms. The number of aromatic nitrogens is 2. The predicted octanol–water partition coefficient (Wildman–Crippen LogP) is 4.43. The van der Waals surface area contributed by atoms with Gasteiger partial charge in [0.1, 0.15) is 5.75 Å². The third kappa shape index (κ3) is 3.01. The van der Waals surface area contributed by atoms with E-state index in [2.05, 4.69) is 21.7 Å². The van der Waals surface area contributed by atoms with Crippen molar-refractivity contribution >= 4 is 39.0 Å². The number of anilines is 3. The van der Waals surface area contributed by atoms with E-state index >= 15 is 0 Å². The maximum Gasteiger partial charge on any atom is 0.227 e. The number of hydrogen-bond acceptors (Lipinski definition) is 6. The van der Waals surface area contributed by atoms with E-state index in [0.717, 1.165) is 46.5 Å². The summed E-state index contributed by atoms with van der Waals surface area (Å²) in [5, 5.41) is 5.51. The Morgan fingerprint density at radius 1 is 1.12 bits per heavy atom. The average Bonchev–Trinajstić information content (AvgIpc) is 3.11. The van der Waals surface area contributed by atoms with Crippen LogP contribution >= 0.6 is 11.3 Å². The van der Waals surface area contributed by atoms with Crippen molar-refractivity contribution in [1.82, 2.24) is 9.97 Å². The van der Waals surface area contributed by atoms with Gasteiger partial charge in [0.05, 0.1) is 17.3 Å². The van der Waals surface area contributed by atoms with Crippen LogP contribution < -0.4 is 15.0 Å². The van der Waals surface area contributed by atoms with Crippen molar-refractivity contribution in [3.8, 4) is 5.75 Å². The normalized spacial score (nSPS) is 14.8. The molecule has 1 aliphatic rings. The van der Waals surface area contributed by atoms with Gasteiger partial charge in [-0.15, -0.1) is 11.3 Å². The molecule has 3 heterocycles. The van der Waals surface area contributed by atoms with Gasteiger partial charge in [0.25, 0.3) is 0 Å². The molecule has 5 nitrogen and oxygen atoms in total. The van der Waals surface area contributed by atoms with Crippen LogP contribution in [-0.4, -0.2) is 30.2 Å². The number of nitrogens with zero attached hydrogens (tertiary/aromatic N) is 3. The highest BCUT2D eigenvalue weighted by molar-refractivity contribution is 7.17. The Morgan fingerprint density at radius 3 is 2.83 bits per heavy atom. The molecule has 124 valence electrons. The van der Waals surface area contributed by atoms with Gasteiger partial charge in [-0.3, -0.25) is 0 Å². The second-order valence-corrected chi connectivity index (χ2v) is 6.83. The summed E-state index contributed by atoms with van der Waals surface area (Å²) in [6, 6.07) is 9.96. The van der Waals surface area contributed by atoms with Gasteiger partial charge in [-0.05, 0) is 42.8 Å². The number of hydrogen-bond donors (Lipinski definition) is 1. The number of fused-ring (bicyclic) bond motifs is 1. The summed E-state index contributed by atoms with van der Waals surface area (Å²) in [6.07, 6.45) is 3.72. The van der Waals surface area contributed by atoms with Crippen molar-refractivity contribution < 1.29 is 4.74 Å². The molecule has 0 bridgehead atoms. The van der Waals surface area contributed by atoms with Crippen molar-refractivity contribution in [2.45, 2.75) is 19.3 Å². The van der Waals surface area contributed by atoms with Crippen molar-refractivity contribution in [2.75, 3.05) is 30.4 Å². The number of methoxy groups -OCH3 is 1. The molecular weight excluding hydrogens is 320 g/mol. The zero-order valence-electron chi connectivity index (χ0n) is 13.7. The highest BCUT2D eigenvalue weighted by atomic mass is 32.1. The zero-order chi connectivity index (χ0) is 16.4. The smallest absolute Gasteiger partial charge is 0.227 e. The lowest BCUT2D eigenvalue weighted by molar-refractivity contribution is 0.415. The number of benzene rings is 1. The molecule has 1 N–H and O–H groups in total. The third-order valence-corrected chi connectivity index (χ3v) is 5.17. The summed E-state index contributed by atoms with van der Waals surface area (Å²) < 4.78 is 6.39. The summed E-state index contributed by atoms with van der Waals surface area (Å²) in [6.45, 7) is 2.07. The van der Waals surface area contributed by atoms with E-state index in [0.29, 0.717) is 0 Å². The van der Waals surface area contributed by atoms with E-state index in [1.54, 1.807) is 18.4 Å². The zero-order valence-corrected chi connectivity index (χ0v) is 14.5. The van der Waals surface area contributed by atoms with Crippen LogP contribution in [0.3, 0.4) is 0 Å². The Hall–Kier alpha value is -2.34. The quantitative estimate of drug-likeness (QED) is 0.761. The van der Waals surface area contributed by atoms with Crippen LogP contribution in [0.4, 0.5) is 17.5 Å². The molecule has 0 spiro atoms. The molecule has 0 aliphatic carbocycles.